The standard InChI is InChI=1S/C21H21NO2/c1-3-18-14-15-19(24-18)20(23)22-21(2,16-10-6-4-7-11-16)17-12-8-5-9-13-17/h4-15H,3H2,1-2H3,(H,22,23). The normalized spacial score (nSPS) is 11.2. The molecule has 0 spiro atoms. The molecule has 0 fully saturated rings. The zero-order valence-corrected chi connectivity index (χ0v) is 14.0. The van der Waals surface area contributed by atoms with E-state index in [1.807, 2.05) is 80.6 Å². The number of hydrogen-bond acceptors (Lipinski definition) is 2. The molecule has 1 aromatic heterocycles. The Morgan fingerprint density at radius 3 is 1.92 bits per heavy atom. The van der Waals surface area contributed by atoms with Crippen molar-refractivity contribution in [3.8, 4) is 0 Å². The maximum absolute atomic E-state index is 12.7. The van der Waals surface area contributed by atoms with E-state index >= 15 is 0 Å². The summed E-state index contributed by atoms with van der Waals surface area (Å²) in [5.41, 5.74) is 1.40. The second-order valence-corrected chi connectivity index (χ2v) is 5.93. The van der Waals surface area contributed by atoms with Gasteiger partial charge in [-0.05, 0) is 30.2 Å². The van der Waals surface area contributed by atoms with E-state index in [0.717, 1.165) is 23.3 Å². The van der Waals surface area contributed by atoms with Crippen LogP contribution in [0.3, 0.4) is 0 Å². The van der Waals surface area contributed by atoms with Crippen molar-refractivity contribution >= 4 is 5.91 Å². The van der Waals surface area contributed by atoms with Crippen molar-refractivity contribution < 1.29 is 9.21 Å². The third-order valence-corrected chi connectivity index (χ3v) is 4.30. The third kappa shape index (κ3) is 3.11. The molecule has 3 nitrogen and oxygen atoms in total. The number of carbonyl (C=O) groups excluding carboxylic acids is 1. The molecule has 0 atom stereocenters. The molecular formula is C21H21NO2. The summed E-state index contributed by atoms with van der Waals surface area (Å²) in [5, 5.41) is 3.15. The van der Waals surface area contributed by atoms with E-state index in [2.05, 4.69) is 5.32 Å². The molecular weight excluding hydrogens is 298 g/mol. The van der Waals surface area contributed by atoms with Crippen LogP contribution in [-0.2, 0) is 12.0 Å². The van der Waals surface area contributed by atoms with Gasteiger partial charge in [-0.15, -0.1) is 0 Å². The van der Waals surface area contributed by atoms with Gasteiger partial charge in [-0.25, -0.2) is 0 Å². The highest BCUT2D eigenvalue weighted by Crippen LogP contribution is 2.29. The van der Waals surface area contributed by atoms with Gasteiger partial charge in [0.1, 0.15) is 5.76 Å². The van der Waals surface area contributed by atoms with Crippen LogP contribution >= 0.6 is 0 Å². The average molecular weight is 319 g/mol. The molecule has 0 saturated carbocycles. The van der Waals surface area contributed by atoms with Crippen molar-refractivity contribution in [1.29, 1.82) is 0 Å². The Balaban J connectivity index is 1.98. The molecule has 3 aromatic rings. The van der Waals surface area contributed by atoms with Gasteiger partial charge in [0, 0.05) is 6.42 Å². The summed E-state index contributed by atoms with van der Waals surface area (Å²) in [6.45, 7) is 4.01. The first-order chi connectivity index (χ1) is 11.6. The molecule has 24 heavy (non-hydrogen) atoms. The number of benzene rings is 2. The molecule has 0 unspecified atom stereocenters. The van der Waals surface area contributed by atoms with Gasteiger partial charge in [0.05, 0.1) is 5.54 Å². The summed E-state index contributed by atoms with van der Waals surface area (Å²) in [7, 11) is 0. The number of rotatable bonds is 5. The predicted octanol–water partition coefficient (Wildman–Crippen LogP) is 4.54. The zero-order chi connectivity index (χ0) is 17.0. The van der Waals surface area contributed by atoms with Crippen LogP contribution in [0, 0.1) is 0 Å². The zero-order valence-electron chi connectivity index (χ0n) is 14.0. The van der Waals surface area contributed by atoms with Crippen LogP contribution in [0.25, 0.3) is 0 Å². The van der Waals surface area contributed by atoms with Crippen molar-refractivity contribution in [2.75, 3.05) is 0 Å². The Kier molecular flexibility index (Phi) is 4.52. The van der Waals surface area contributed by atoms with Crippen molar-refractivity contribution in [2.24, 2.45) is 0 Å². The molecule has 0 aliphatic carbocycles. The van der Waals surface area contributed by atoms with E-state index < -0.39 is 5.54 Å². The number of amides is 1. The van der Waals surface area contributed by atoms with Crippen molar-refractivity contribution in [3.63, 3.8) is 0 Å². The third-order valence-electron chi connectivity index (χ3n) is 4.30. The summed E-state index contributed by atoms with van der Waals surface area (Å²) >= 11 is 0. The highest BCUT2D eigenvalue weighted by molar-refractivity contribution is 5.92. The Bertz CT molecular complexity index is 767. The van der Waals surface area contributed by atoms with E-state index in [-0.39, 0.29) is 5.91 Å². The van der Waals surface area contributed by atoms with Crippen LogP contribution in [0.5, 0.6) is 0 Å². The molecule has 0 bridgehead atoms. The minimum Gasteiger partial charge on any atom is -0.456 e. The smallest absolute Gasteiger partial charge is 0.287 e. The molecule has 0 aliphatic heterocycles. The SMILES string of the molecule is CCc1ccc(C(=O)NC(C)(c2ccccc2)c2ccccc2)o1. The van der Waals surface area contributed by atoms with Gasteiger partial charge >= 0.3 is 0 Å². The van der Waals surface area contributed by atoms with Crippen LogP contribution in [0.15, 0.2) is 77.2 Å². The van der Waals surface area contributed by atoms with Gasteiger partial charge in [-0.1, -0.05) is 67.6 Å². The Morgan fingerprint density at radius 2 is 1.46 bits per heavy atom. The second-order valence-electron chi connectivity index (χ2n) is 5.93. The summed E-state index contributed by atoms with van der Waals surface area (Å²) in [4.78, 5) is 12.7. The number of furan rings is 1. The molecule has 2 aromatic carbocycles. The van der Waals surface area contributed by atoms with Crippen LogP contribution in [0.4, 0.5) is 0 Å². The van der Waals surface area contributed by atoms with E-state index in [0.29, 0.717) is 5.76 Å². The van der Waals surface area contributed by atoms with Gasteiger partial charge in [-0.3, -0.25) is 4.79 Å². The van der Waals surface area contributed by atoms with Gasteiger partial charge in [0.25, 0.3) is 5.91 Å². The van der Waals surface area contributed by atoms with Crippen LogP contribution in [0.1, 0.15) is 41.3 Å². The Morgan fingerprint density at radius 1 is 0.917 bits per heavy atom. The van der Waals surface area contributed by atoms with Crippen LogP contribution in [-0.4, -0.2) is 5.91 Å². The number of carbonyl (C=O) groups is 1. The lowest BCUT2D eigenvalue weighted by Crippen LogP contribution is -2.44. The molecule has 1 heterocycles. The lowest BCUT2D eigenvalue weighted by molar-refractivity contribution is 0.0889. The van der Waals surface area contributed by atoms with Gasteiger partial charge in [0.2, 0.25) is 0 Å². The molecule has 3 heteroatoms. The molecule has 1 N–H and O–H groups in total. The average Bonchev–Trinajstić information content (AvgIpc) is 3.12. The molecule has 122 valence electrons. The van der Waals surface area contributed by atoms with Crippen molar-refractivity contribution in [1.82, 2.24) is 5.32 Å². The monoisotopic (exact) mass is 319 g/mol. The summed E-state index contributed by atoms with van der Waals surface area (Å²) in [6, 6.07) is 23.5. The summed E-state index contributed by atoms with van der Waals surface area (Å²) in [6.07, 6.45) is 0.766. The van der Waals surface area contributed by atoms with Gasteiger partial charge < -0.3 is 9.73 Å². The number of hydrogen-bond donors (Lipinski definition) is 1. The Labute approximate surface area is 142 Å². The van der Waals surface area contributed by atoms with Gasteiger partial charge in [-0.2, -0.15) is 0 Å². The van der Waals surface area contributed by atoms with Crippen molar-refractivity contribution in [2.45, 2.75) is 25.8 Å². The van der Waals surface area contributed by atoms with E-state index in [1.165, 1.54) is 0 Å². The predicted molar refractivity (Wildman–Crippen MR) is 94.9 cm³/mol. The first kappa shape index (κ1) is 16.1. The fourth-order valence-corrected chi connectivity index (χ4v) is 2.83. The quantitative estimate of drug-likeness (QED) is 0.750. The molecule has 0 aliphatic rings. The highest BCUT2D eigenvalue weighted by Gasteiger charge is 2.31. The minimum absolute atomic E-state index is 0.218. The molecule has 3 rings (SSSR count). The number of nitrogens with one attached hydrogen (secondary N) is 1. The molecule has 0 saturated heterocycles. The topological polar surface area (TPSA) is 42.2 Å². The van der Waals surface area contributed by atoms with Crippen LogP contribution in [0.2, 0.25) is 0 Å². The van der Waals surface area contributed by atoms with E-state index in [4.69, 9.17) is 4.42 Å². The maximum atomic E-state index is 12.7. The lowest BCUT2D eigenvalue weighted by Gasteiger charge is -2.32. The van der Waals surface area contributed by atoms with Gasteiger partial charge in [0.15, 0.2) is 5.76 Å². The molecule has 0 radical (unpaired) electrons. The highest BCUT2D eigenvalue weighted by atomic mass is 16.3. The van der Waals surface area contributed by atoms with E-state index in [9.17, 15) is 4.79 Å². The molecule has 1 amide bonds. The maximum Gasteiger partial charge on any atom is 0.287 e. The van der Waals surface area contributed by atoms with E-state index in [1.54, 1.807) is 6.07 Å². The summed E-state index contributed by atoms with van der Waals surface area (Å²) in [5.74, 6) is 0.927. The lowest BCUT2D eigenvalue weighted by atomic mass is 9.84. The van der Waals surface area contributed by atoms with Crippen LogP contribution < -0.4 is 5.32 Å². The number of aryl methyl sites for hydroxylation is 1. The van der Waals surface area contributed by atoms with Crippen molar-refractivity contribution in [3.05, 3.63) is 95.4 Å². The first-order valence-electron chi connectivity index (χ1n) is 8.16. The Hall–Kier alpha value is -2.81. The minimum atomic E-state index is -0.640. The fourth-order valence-electron chi connectivity index (χ4n) is 2.83. The second kappa shape index (κ2) is 6.75. The summed E-state index contributed by atoms with van der Waals surface area (Å²) < 4.78 is 5.60. The first-order valence-corrected chi connectivity index (χ1v) is 8.16. The largest absolute Gasteiger partial charge is 0.456 e. The fraction of sp³-hybridized carbons (Fsp3) is 0.190.